The Hall–Kier alpha value is -1.52. The topological polar surface area (TPSA) is 55.8 Å². The van der Waals surface area contributed by atoms with Gasteiger partial charge in [-0.2, -0.15) is 0 Å². The first-order valence-corrected chi connectivity index (χ1v) is 10.2. The lowest BCUT2D eigenvalue weighted by atomic mass is 10.0. The minimum atomic E-state index is -0.648. The van der Waals surface area contributed by atoms with Gasteiger partial charge in [0.25, 0.3) is 0 Å². The molecule has 0 saturated carbocycles. The highest BCUT2D eigenvalue weighted by molar-refractivity contribution is 5.81. The normalized spacial score (nSPS) is 11.9. The van der Waals surface area contributed by atoms with E-state index in [1.807, 2.05) is 13.8 Å². The predicted octanol–water partition coefficient (Wildman–Crippen LogP) is 5.69. The molecular weight excluding hydrogens is 330 g/mol. The van der Waals surface area contributed by atoms with Gasteiger partial charge in [0.15, 0.2) is 0 Å². The maximum atomic E-state index is 12.3. The highest BCUT2D eigenvalue weighted by atomic mass is 16.6. The number of likely N-dealkylation sites (N-methyl/N-ethyl adjacent to an activating group) is 1. The fourth-order valence-corrected chi connectivity index (χ4v) is 2.99. The Balaban J connectivity index is 3.90. The average molecular weight is 370 g/mol. The smallest absolute Gasteiger partial charge is 0.415 e. The molecule has 5 heteroatoms. The second kappa shape index (κ2) is 15.7. The van der Waals surface area contributed by atoms with Gasteiger partial charge < -0.3 is 9.47 Å². The van der Waals surface area contributed by atoms with Crippen molar-refractivity contribution in [3.8, 4) is 0 Å². The van der Waals surface area contributed by atoms with Crippen molar-refractivity contribution in [1.29, 1.82) is 0 Å². The zero-order valence-corrected chi connectivity index (χ0v) is 17.3. The third-order valence-corrected chi connectivity index (χ3v) is 4.50. The SMILES string of the molecule is C=COC(=O)N(C)C(C(=O)OCCCCCCCCCCCC)C(C)C. The summed E-state index contributed by atoms with van der Waals surface area (Å²) in [6, 6.07) is -0.648. The summed E-state index contributed by atoms with van der Waals surface area (Å²) in [6.07, 6.45) is 12.8. The van der Waals surface area contributed by atoms with Gasteiger partial charge in [-0.15, -0.1) is 0 Å². The average Bonchev–Trinajstić information content (AvgIpc) is 2.59. The van der Waals surface area contributed by atoms with E-state index in [9.17, 15) is 9.59 Å². The maximum absolute atomic E-state index is 12.3. The fraction of sp³-hybridized carbons (Fsp3) is 0.810. The first-order chi connectivity index (χ1) is 12.5. The summed E-state index contributed by atoms with van der Waals surface area (Å²) >= 11 is 0. The van der Waals surface area contributed by atoms with Crippen molar-refractivity contribution in [3.63, 3.8) is 0 Å². The molecule has 0 aromatic rings. The third-order valence-electron chi connectivity index (χ3n) is 4.50. The predicted molar refractivity (Wildman–Crippen MR) is 106 cm³/mol. The van der Waals surface area contributed by atoms with Gasteiger partial charge >= 0.3 is 12.1 Å². The summed E-state index contributed by atoms with van der Waals surface area (Å²) < 4.78 is 10.1. The van der Waals surface area contributed by atoms with Crippen LogP contribution in [0.1, 0.15) is 85.0 Å². The number of ether oxygens (including phenoxy) is 2. The summed E-state index contributed by atoms with van der Waals surface area (Å²) in [6.45, 7) is 9.76. The Morgan fingerprint density at radius 1 is 0.962 bits per heavy atom. The molecule has 0 fully saturated rings. The maximum Gasteiger partial charge on any atom is 0.415 e. The van der Waals surface area contributed by atoms with Gasteiger partial charge in [-0.05, 0) is 12.3 Å². The van der Waals surface area contributed by atoms with Crippen LogP contribution in [0.25, 0.3) is 0 Å². The molecule has 0 heterocycles. The molecule has 1 unspecified atom stereocenters. The van der Waals surface area contributed by atoms with E-state index < -0.39 is 12.1 Å². The van der Waals surface area contributed by atoms with Gasteiger partial charge in [-0.1, -0.05) is 85.1 Å². The van der Waals surface area contributed by atoms with Gasteiger partial charge in [0.05, 0.1) is 12.9 Å². The molecule has 152 valence electrons. The third kappa shape index (κ3) is 11.2. The lowest BCUT2D eigenvalue weighted by molar-refractivity contribution is -0.150. The van der Waals surface area contributed by atoms with Crippen molar-refractivity contribution in [2.24, 2.45) is 5.92 Å². The quantitative estimate of drug-likeness (QED) is 0.211. The van der Waals surface area contributed by atoms with Crippen molar-refractivity contribution in [2.75, 3.05) is 13.7 Å². The highest BCUT2D eigenvalue weighted by Crippen LogP contribution is 2.14. The van der Waals surface area contributed by atoms with E-state index in [-0.39, 0.29) is 11.9 Å². The number of hydrogen-bond acceptors (Lipinski definition) is 4. The molecule has 0 N–H and O–H groups in total. The molecule has 0 aliphatic carbocycles. The molecule has 0 rings (SSSR count). The van der Waals surface area contributed by atoms with Crippen LogP contribution >= 0.6 is 0 Å². The minimum Gasteiger partial charge on any atom is -0.464 e. The largest absolute Gasteiger partial charge is 0.464 e. The molecular formula is C21H39NO4. The Labute approximate surface area is 160 Å². The van der Waals surface area contributed by atoms with Crippen LogP contribution in [0.5, 0.6) is 0 Å². The van der Waals surface area contributed by atoms with E-state index >= 15 is 0 Å². The zero-order chi connectivity index (χ0) is 19.8. The number of hydrogen-bond donors (Lipinski definition) is 0. The molecule has 0 saturated heterocycles. The lowest BCUT2D eigenvalue weighted by Crippen LogP contribution is -2.46. The summed E-state index contributed by atoms with van der Waals surface area (Å²) in [5, 5.41) is 0. The molecule has 0 aliphatic heterocycles. The van der Waals surface area contributed by atoms with Gasteiger partial charge in [0.2, 0.25) is 0 Å². The second-order valence-corrected chi connectivity index (χ2v) is 7.20. The van der Waals surface area contributed by atoms with Crippen molar-refractivity contribution < 1.29 is 19.1 Å². The van der Waals surface area contributed by atoms with Crippen LogP contribution in [0.3, 0.4) is 0 Å². The monoisotopic (exact) mass is 369 g/mol. The Morgan fingerprint density at radius 3 is 1.92 bits per heavy atom. The van der Waals surface area contributed by atoms with E-state index in [1.165, 1.54) is 63.3 Å². The zero-order valence-electron chi connectivity index (χ0n) is 17.3. The number of carbonyl (C=O) groups excluding carboxylic acids is 2. The molecule has 0 spiro atoms. The first kappa shape index (κ1) is 24.5. The van der Waals surface area contributed by atoms with Gasteiger partial charge in [0.1, 0.15) is 6.04 Å². The van der Waals surface area contributed by atoms with Crippen molar-refractivity contribution in [1.82, 2.24) is 4.90 Å². The summed E-state index contributed by atoms with van der Waals surface area (Å²) in [7, 11) is 1.54. The summed E-state index contributed by atoms with van der Waals surface area (Å²) in [4.78, 5) is 25.3. The van der Waals surface area contributed by atoms with Gasteiger partial charge in [-0.3, -0.25) is 4.90 Å². The standard InChI is InChI=1S/C21H39NO4/c1-6-8-9-10-11-12-13-14-15-16-17-26-20(23)19(18(3)4)22(5)21(24)25-7-2/h7,18-19H,2,6,8-17H2,1,3-5H3. The first-order valence-electron chi connectivity index (χ1n) is 10.2. The van der Waals surface area contributed by atoms with Crippen LogP contribution in [-0.2, 0) is 14.3 Å². The Kier molecular flexibility index (Phi) is 14.8. The molecule has 1 amide bonds. The van der Waals surface area contributed by atoms with Crippen molar-refractivity contribution >= 4 is 12.1 Å². The summed E-state index contributed by atoms with van der Waals surface area (Å²) in [5.74, 6) is -0.433. The minimum absolute atomic E-state index is 0.0578. The van der Waals surface area contributed by atoms with Crippen LogP contribution in [0, 0.1) is 5.92 Å². The number of esters is 1. The van der Waals surface area contributed by atoms with Crippen LogP contribution in [-0.4, -0.2) is 36.7 Å². The van der Waals surface area contributed by atoms with E-state index in [0.29, 0.717) is 6.61 Å². The molecule has 0 aromatic carbocycles. The molecule has 0 aromatic heterocycles. The Morgan fingerprint density at radius 2 is 1.46 bits per heavy atom. The van der Waals surface area contributed by atoms with E-state index in [1.54, 1.807) is 0 Å². The van der Waals surface area contributed by atoms with Crippen LogP contribution in [0.2, 0.25) is 0 Å². The summed E-state index contributed by atoms with van der Waals surface area (Å²) in [5.41, 5.74) is 0. The highest BCUT2D eigenvalue weighted by Gasteiger charge is 2.31. The van der Waals surface area contributed by atoms with Crippen LogP contribution in [0.15, 0.2) is 12.8 Å². The van der Waals surface area contributed by atoms with Gasteiger partial charge in [0, 0.05) is 7.05 Å². The second-order valence-electron chi connectivity index (χ2n) is 7.20. The number of rotatable bonds is 15. The molecule has 0 aliphatic rings. The molecule has 26 heavy (non-hydrogen) atoms. The lowest BCUT2D eigenvalue weighted by Gasteiger charge is -2.28. The Bertz CT molecular complexity index is 395. The molecule has 0 radical (unpaired) electrons. The molecule has 1 atom stereocenters. The molecule has 0 bridgehead atoms. The van der Waals surface area contributed by atoms with Crippen molar-refractivity contribution in [3.05, 3.63) is 12.8 Å². The number of unbranched alkanes of at least 4 members (excludes halogenated alkanes) is 9. The van der Waals surface area contributed by atoms with Crippen LogP contribution in [0.4, 0.5) is 4.79 Å². The number of nitrogens with zero attached hydrogens (tertiary/aromatic N) is 1. The fourth-order valence-electron chi connectivity index (χ4n) is 2.99. The van der Waals surface area contributed by atoms with Crippen molar-refractivity contribution in [2.45, 2.75) is 91.0 Å². The van der Waals surface area contributed by atoms with Crippen LogP contribution < -0.4 is 0 Å². The van der Waals surface area contributed by atoms with E-state index in [0.717, 1.165) is 19.1 Å². The van der Waals surface area contributed by atoms with Gasteiger partial charge in [-0.25, -0.2) is 9.59 Å². The molecule has 5 nitrogen and oxygen atoms in total. The number of amides is 1. The number of carbonyl (C=O) groups is 2. The van der Waals surface area contributed by atoms with E-state index in [2.05, 4.69) is 13.5 Å². The van der Waals surface area contributed by atoms with E-state index in [4.69, 9.17) is 9.47 Å².